The first-order chi connectivity index (χ1) is 13.5. The molecule has 1 aliphatic heterocycles. The smallest absolute Gasteiger partial charge is 0.310 e. The number of likely N-dealkylation sites (tertiary alicyclic amines) is 1. The predicted octanol–water partition coefficient (Wildman–Crippen LogP) is 2.70. The Kier molecular flexibility index (Phi) is 6.46. The number of nitrogens with one attached hydrogen (secondary N) is 1. The number of piperidine rings is 1. The zero-order valence-electron chi connectivity index (χ0n) is 16.8. The Bertz CT molecular complexity index is 829. The van der Waals surface area contributed by atoms with Crippen molar-refractivity contribution in [2.45, 2.75) is 33.6 Å². The van der Waals surface area contributed by atoms with Gasteiger partial charge in [-0.1, -0.05) is 17.7 Å². The Balaban J connectivity index is 1.64. The number of rotatable bonds is 6. The summed E-state index contributed by atoms with van der Waals surface area (Å²) in [6, 6.07) is 9.84. The van der Waals surface area contributed by atoms with Gasteiger partial charge in [-0.05, 0) is 52.3 Å². The summed E-state index contributed by atoms with van der Waals surface area (Å²) in [6.07, 6.45) is 1.70. The number of carbonyl (C=O) groups excluding carboxylic acids is 2. The number of carbonyl (C=O) groups is 2. The van der Waals surface area contributed by atoms with E-state index in [1.165, 1.54) is 5.56 Å². The highest BCUT2D eigenvalue weighted by molar-refractivity contribution is 5.91. The molecule has 1 N–H and O–H groups in total. The van der Waals surface area contributed by atoms with Gasteiger partial charge in [0.25, 0.3) is 0 Å². The van der Waals surface area contributed by atoms with Crippen LogP contribution < -0.4 is 5.32 Å². The molecule has 150 valence electrons. The van der Waals surface area contributed by atoms with Crippen molar-refractivity contribution < 1.29 is 14.3 Å². The van der Waals surface area contributed by atoms with Crippen LogP contribution in [-0.2, 0) is 14.3 Å². The highest BCUT2D eigenvalue weighted by Crippen LogP contribution is 2.20. The standard InChI is InChI=1S/C21H28N4O3/c1-4-28-21(27)17-6-5-11-24(13-17)14-20(26)22-19-12-16(3)23-25(19)18-9-7-15(2)8-10-18/h7-10,12,17H,4-6,11,13-14H2,1-3H3,(H,22,26)/t17-/m1/s1. The summed E-state index contributed by atoms with van der Waals surface area (Å²) >= 11 is 0. The van der Waals surface area contributed by atoms with Gasteiger partial charge >= 0.3 is 5.97 Å². The zero-order valence-corrected chi connectivity index (χ0v) is 16.8. The number of ether oxygens (including phenoxy) is 1. The molecule has 0 aliphatic carbocycles. The Morgan fingerprint density at radius 3 is 2.71 bits per heavy atom. The van der Waals surface area contributed by atoms with Crippen LogP contribution in [0.4, 0.5) is 5.82 Å². The number of amides is 1. The summed E-state index contributed by atoms with van der Waals surface area (Å²) in [5.74, 6) is 0.214. The second-order valence-corrected chi connectivity index (χ2v) is 7.29. The Morgan fingerprint density at radius 1 is 1.25 bits per heavy atom. The number of anilines is 1. The summed E-state index contributed by atoms with van der Waals surface area (Å²) in [6.45, 7) is 7.73. The summed E-state index contributed by atoms with van der Waals surface area (Å²) in [7, 11) is 0. The maximum atomic E-state index is 12.6. The second kappa shape index (κ2) is 9.01. The van der Waals surface area contributed by atoms with Crippen molar-refractivity contribution in [3.8, 4) is 5.69 Å². The van der Waals surface area contributed by atoms with Crippen molar-refractivity contribution in [1.29, 1.82) is 0 Å². The fourth-order valence-electron chi connectivity index (χ4n) is 3.51. The molecule has 0 radical (unpaired) electrons. The summed E-state index contributed by atoms with van der Waals surface area (Å²) in [4.78, 5) is 26.6. The van der Waals surface area contributed by atoms with Crippen molar-refractivity contribution in [2.24, 2.45) is 5.92 Å². The van der Waals surface area contributed by atoms with Crippen LogP contribution in [0.3, 0.4) is 0 Å². The van der Waals surface area contributed by atoms with E-state index in [1.807, 2.05) is 56.0 Å². The van der Waals surface area contributed by atoms with Crippen LogP contribution >= 0.6 is 0 Å². The van der Waals surface area contributed by atoms with Gasteiger partial charge in [0.1, 0.15) is 5.82 Å². The summed E-state index contributed by atoms with van der Waals surface area (Å²) in [5, 5.41) is 7.46. The second-order valence-electron chi connectivity index (χ2n) is 7.29. The molecule has 0 spiro atoms. The minimum Gasteiger partial charge on any atom is -0.466 e. The lowest BCUT2D eigenvalue weighted by atomic mass is 9.98. The van der Waals surface area contributed by atoms with Crippen LogP contribution in [0, 0.1) is 19.8 Å². The number of nitrogens with zero attached hydrogens (tertiary/aromatic N) is 3. The maximum absolute atomic E-state index is 12.6. The third-order valence-electron chi connectivity index (χ3n) is 4.87. The van der Waals surface area contributed by atoms with Crippen molar-refractivity contribution in [2.75, 3.05) is 31.6 Å². The lowest BCUT2D eigenvalue weighted by Crippen LogP contribution is -2.43. The van der Waals surface area contributed by atoms with Gasteiger partial charge in [0.05, 0.1) is 30.5 Å². The van der Waals surface area contributed by atoms with E-state index in [9.17, 15) is 9.59 Å². The number of benzene rings is 1. The molecule has 3 rings (SSSR count). The molecule has 1 saturated heterocycles. The van der Waals surface area contributed by atoms with Crippen molar-refractivity contribution in [1.82, 2.24) is 14.7 Å². The van der Waals surface area contributed by atoms with Gasteiger partial charge in [-0.15, -0.1) is 0 Å². The Hall–Kier alpha value is -2.67. The molecule has 0 unspecified atom stereocenters. The van der Waals surface area contributed by atoms with E-state index in [4.69, 9.17) is 4.74 Å². The molecule has 1 aromatic heterocycles. The fourth-order valence-corrected chi connectivity index (χ4v) is 3.51. The van der Waals surface area contributed by atoms with E-state index in [-0.39, 0.29) is 24.3 Å². The number of esters is 1. The molecule has 7 heteroatoms. The van der Waals surface area contributed by atoms with Gasteiger partial charge in [-0.2, -0.15) is 5.10 Å². The fraction of sp³-hybridized carbons (Fsp3) is 0.476. The molecule has 28 heavy (non-hydrogen) atoms. The quantitative estimate of drug-likeness (QED) is 0.775. The van der Waals surface area contributed by atoms with E-state index in [0.717, 1.165) is 30.8 Å². The first-order valence-corrected chi connectivity index (χ1v) is 9.79. The predicted molar refractivity (Wildman–Crippen MR) is 107 cm³/mol. The van der Waals surface area contributed by atoms with E-state index < -0.39 is 0 Å². The third-order valence-corrected chi connectivity index (χ3v) is 4.87. The molecule has 1 aromatic carbocycles. The van der Waals surface area contributed by atoms with Crippen LogP contribution in [0.25, 0.3) is 5.69 Å². The van der Waals surface area contributed by atoms with E-state index in [2.05, 4.69) is 10.4 Å². The molecule has 1 fully saturated rings. The normalized spacial score (nSPS) is 17.3. The molecule has 2 aromatic rings. The van der Waals surface area contributed by atoms with Crippen molar-refractivity contribution in [3.63, 3.8) is 0 Å². The molecule has 1 aliphatic rings. The number of aryl methyl sites for hydroxylation is 2. The van der Waals surface area contributed by atoms with Crippen LogP contribution in [0.5, 0.6) is 0 Å². The van der Waals surface area contributed by atoms with Crippen molar-refractivity contribution >= 4 is 17.7 Å². The van der Waals surface area contributed by atoms with E-state index >= 15 is 0 Å². The largest absolute Gasteiger partial charge is 0.466 e. The molecular weight excluding hydrogens is 356 g/mol. The maximum Gasteiger partial charge on any atom is 0.310 e. The highest BCUT2D eigenvalue weighted by Gasteiger charge is 2.28. The lowest BCUT2D eigenvalue weighted by molar-refractivity contribution is -0.150. The van der Waals surface area contributed by atoms with Gasteiger partial charge in [0, 0.05) is 12.6 Å². The molecule has 2 heterocycles. The molecule has 1 atom stereocenters. The average Bonchev–Trinajstić information content (AvgIpc) is 3.02. The van der Waals surface area contributed by atoms with Gasteiger partial charge < -0.3 is 10.1 Å². The van der Waals surface area contributed by atoms with E-state index in [0.29, 0.717) is 19.0 Å². The van der Waals surface area contributed by atoms with Gasteiger partial charge in [0.2, 0.25) is 5.91 Å². The monoisotopic (exact) mass is 384 g/mol. The first kappa shape index (κ1) is 20.1. The van der Waals surface area contributed by atoms with Crippen LogP contribution in [0.1, 0.15) is 31.0 Å². The molecule has 7 nitrogen and oxygen atoms in total. The zero-order chi connectivity index (χ0) is 20.1. The molecule has 0 bridgehead atoms. The highest BCUT2D eigenvalue weighted by atomic mass is 16.5. The molecular formula is C21H28N4O3. The van der Waals surface area contributed by atoms with Crippen LogP contribution in [0.15, 0.2) is 30.3 Å². The van der Waals surface area contributed by atoms with E-state index in [1.54, 1.807) is 4.68 Å². The number of hydrogen-bond donors (Lipinski definition) is 1. The average molecular weight is 384 g/mol. The van der Waals surface area contributed by atoms with Crippen molar-refractivity contribution in [3.05, 3.63) is 41.6 Å². The molecule has 0 saturated carbocycles. The minimum atomic E-state index is -0.166. The van der Waals surface area contributed by atoms with Crippen LogP contribution in [-0.4, -0.2) is 52.8 Å². The Labute approximate surface area is 165 Å². The van der Waals surface area contributed by atoms with Gasteiger partial charge in [-0.25, -0.2) is 4.68 Å². The first-order valence-electron chi connectivity index (χ1n) is 9.79. The minimum absolute atomic E-state index is 0.113. The lowest BCUT2D eigenvalue weighted by Gasteiger charge is -2.30. The summed E-state index contributed by atoms with van der Waals surface area (Å²) in [5.41, 5.74) is 2.89. The number of hydrogen-bond acceptors (Lipinski definition) is 5. The topological polar surface area (TPSA) is 76.5 Å². The Morgan fingerprint density at radius 2 is 2.00 bits per heavy atom. The van der Waals surface area contributed by atoms with Gasteiger partial charge in [0.15, 0.2) is 0 Å². The third kappa shape index (κ3) is 4.98. The molecule has 1 amide bonds. The van der Waals surface area contributed by atoms with Crippen LogP contribution in [0.2, 0.25) is 0 Å². The number of aromatic nitrogens is 2. The van der Waals surface area contributed by atoms with Gasteiger partial charge in [-0.3, -0.25) is 14.5 Å². The summed E-state index contributed by atoms with van der Waals surface area (Å²) < 4.78 is 6.87. The SMILES string of the molecule is CCOC(=O)[C@@H]1CCCN(CC(=O)Nc2cc(C)nn2-c2ccc(C)cc2)C1.